The summed E-state index contributed by atoms with van der Waals surface area (Å²) >= 11 is 6.16. The fourth-order valence-electron chi connectivity index (χ4n) is 3.78. The van der Waals surface area contributed by atoms with Crippen LogP contribution in [-0.2, 0) is 6.42 Å². The van der Waals surface area contributed by atoms with E-state index in [2.05, 4.69) is 15.8 Å². The molecule has 0 radical (unpaired) electrons. The molecule has 1 aliphatic carbocycles. The average molecular weight is 466 g/mol. The molecule has 2 amide bonds. The second-order valence-corrected chi connectivity index (χ2v) is 8.26. The second-order valence-electron chi connectivity index (χ2n) is 7.85. The van der Waals surface area contributed by atoms with Gasteiger partial charge in [0.15, 0.2) is 5.76 Å². The maximum atomic E-state index is 12.9. The molecule has 2 aromatic carbocycles. The molecule has 0 bridgehead atoms. The van der Waals surface area contributed by atoms with Gasteiger partial charge < -0.3 is 14.5 Å². The van der Waals surface area contributed by atoms with E-state index in [0.717, 1.165) is 17.5 Å². The zero-order valence-corrected chi connectivity index (χ0v) is 19.4. The normalized spacial score (nSPS) is 14.0. The monoisotopic (exact) mass is 465 g/mol. The first-order chi connectivity index (χ1) is 15.9. The molecular formula is C25H24ClN3O4. The third-order valence-electron chi connectivity index (χ3n) is 5.61. The van der Waals surface area contributed by atoms with Crippen LogP contribution in [0.4, 0.5) is 5.69 Å². The number of carbonyl (C=O) groups is 2. The first kappa shape index (κ1) is 22.6. The Labute approximate surface area is 196 Å². The van der Waals surface area contributed by atoms with Gasteiger partial charge in [0.2, 0.25) is 0 Å². The van der Waals surface area contributed by atoms with E-state index >= 15 is 0 Å². The number of aryl methyl sites for hydroxylation is 2. The highest BCUT2D eigenvalue weighted by molar-refractivity contribution is 6.31. The number of hydrogen-bond acceptors (Lipinski definition) is 5. The van der Waals surface area contributed by atoms with Crippen molar-refractivity contribution < 1.29 is 18.7 Å². The van der Waals surface area contributed by atoms with Crippen molar-refractivity contribution >= 4 is 34.8 Å². The van der Waals surface area contributed by atoms with E-state index in [0.29, 0.717) is 51.9 Å². The third-order valence-corrected chi connectivity index (χ3v) is 6.01. The Morgan fingerprint density at radius 3 is 2.52 bits per heavy atom. The van der Waals surface area contributed by atoms with Crippen LogP contribution in [0.2, 0.25) is 5.02 Å². The summed E-state index contributed by atoms with van der Waals surface area (Å²) in [6, 6.07) is 12.1. The molecule has 0 aliphatic heterocycles. The fraction of sp³-hybridized carbons (Fsp3) is 0.240. The maximum absolute atomic E-state index is 12.9. The number of rotatable bonds is 5. The summed E-state index contributed by atoms with van der Waals surface area (Å²) in [5, 5.41) is 7.77. The average Bonchev–Trinajstić information content (AvgIpc) is 3.17. The van der Waals surface area contributed by atoms with Gasteiger partial charge in [-0.1, -0.05) is 17.7 Å². The van der Waals surface area contributed by atoms with Crippen molar-refractivity contribution in [3.63, 3.8) is 0 Å². The number of amides is 2. The van der Waals surface area contributed by atoms with E-state index in [1.807, 2.05) is 19.9 Å². The Morgan fingerprint density at radius 2 is 1.82 bits per heavy atom. The van der Waals surface area contributed by atoms with Gasteiger partial charge in [0.05, 0.1) is 12.8 Å². The summed E-state index contributed by atoms with van der Waals surface area (Å²) in [4.78, 5) is 25.4. The first-order valence-corrected chi connectivity index (χ1v) is 11.0. The summed E-state index contributed by atoms with van der Waals surface area (Å²) in [5.74, 6) is 0.912. The highest BCUT2D eigenvalue weighted by atomic mass is 35.5. The van der Waals surface area contributed by atoms with Crippen LogP contribution < -0.4 is 15.5 Å². The molecule has 1 aromatic heterocycles. The van der Waals surface area contributed by atoms with E-state index in [1.165, 1.54) is 0 Å². The summed E-state index contributed by atoms with van der Waals surface area (Å²) in [5.41, 5.74) is 6.77. The summed E-state index contributed by atoms with van der Waals surface area (Å²) < 4.78 is 11.0. The molecule has 0 atom stereocenters. The predicted molar refractivity (Wildman–Crippen MR) is 128 cm³/mol. The number of benzene rings is 2. The van der Waals surface area contributed by atoms with E-state index in [4.69, 9.17) is 20.8 Å². The van der Waals surface area contributed by atoms with Crippen LogP contribution in [-0.4, -0.2) is 24.6 Å². The third kappa shape index (κ3) is 4.78. The van der Waals surface area contributed by atoms with Crippen LogP contribution in [0.25, 0.3) is 0 Å². The lowest BCUT2D eigenvalue weighted by molar-refractivity contribution is 0.0953. The number of furan rings is 1. The van der Waals surface area contributed by atoms with Crippen LogP contribution in [0.15, 0.2) is 52.0 Å². The summed E-state index contributed by atoms with van der Waals surface area (Å²) in [7, 11) is 1.57. The van der Waals surface area contributed by atoms with Crippen LogP contribution in [0.5, 0.6) is 5.75 Å². The number of carbonyl (C=O) groups excluding carboxylic acids is 2. The number of ether oxygens (including phenoxy) is 1. The smallest absolute Gasteiger partial charge is 0.291 e. The Hall–Kier alpha value is -3.58. The second kappa shape index (κ2) is 9.50. The van der Waals surface area contributed by atoms with Gasteiger partial charge in [-0.15, -0.1) is 0 Å². The van der Waals surface area contributed by atoms with Crippen molar-refractivity contribution in [1.29, 1.82) is 0 Å². The molecule has 1 aliphatic rings. The van der Waals surface area contributed by atoms with Crippen LogP contribution in [0.1, 0.15) is 56.2 Å². The lowest BCUT2D eigenvalue weighted by Gasteiger charge is -2.13. The molecule has 7 nitrogen and oxygen atoms in total. The molecular weight excluding hydrogens is 442 g/mol. The predicted octanol–water partition coefficient (Wildman–Crippen LogP) is 5.28. The Morgan fingerprint density at radius 1 is 1.06 bits per heavy atom. The van der Waals surface area contributed by atoms with Gasteiger partial charge in [-0.25, -0.2) is 5.43 Å². The zero-order chi connectivity index (χ0) is 23.5. The molecule has 2 N–H and O–H groups in total. The molecule has 0 unspecified atom stereocenters. The van der Waals surface area contributed by atoms with Gasteiger partial charge in [0, 0.05) is 33.8 Å². The van der Waals surface area contributed by atoms with Crippen molar-refractivity contribution in [2.75, 3.05) is 12.4 Å². The number of fused-ring (bicyclic) bond motifs is 1. The summed E-state index contributed by atoms with van der Waals surface area (Å²) in [6.45, 7) is 3.72. The van der Waals surface area contributed by atoms with Crippen molar-refractivity contribution in [2.45, 2.75) is 33.1 Å². The van der Waals surface area contributed by atoms with E-state index in [-0.39, 0.29) is 17.6 Å². The molecule has 0 spiro atoms. The van der Waals surface area contributed by atoms with Crippen LogP contribution in [0, 0.1) is 13.8 Å². The lowest BCUT2D eigenvalue weighted by Crippen LogP contribution is -2.22. The minimum absolute atomic E-state index is 0.229. The van der Waals surface area contributed by atoms with Crippen molar-refractivity contribution in [3.8, 4) is 5.75 Å². The number of halogens is 1. The Kier molecular flexibility index (Phi) is 6.51. The summed E-state index contributed by atoms with van der Waals surface area (Å²) in [6.07, 6.45) is 2.18. The number of nitrogens with zero attached hydrogens (tertiary/aromatic N) is 1. The molecule has 3 aromatic rings. The van der Waals surface area contributed by atoms with Gasteiger partial charge >= 0.3 is 0 Å². The van der Waals surface area contributed by atoms with E-state index in [1.54, 1.807) is 43.5 Å². The highest BCUT2D eigenvalue weighted by Gasteiger charge is 2.28. The van der Waals surface area contributed by atoms with Crippen LogP contribution >= 0.6 is 11.6 Å². The van der Waals surface area contributed by atoms with E-state index < -0.39 is 0 Å². The van der Waals surface area contributed by atoms with E-state index in [9.17, 15) is 9.59 Å². The van der Waals surface area contributed by atoms with Crippen molar-refractivity contribution in [2.24, 2.45) is 5.10 Å². The fourth-order valence-corrected chi connectivity index (χ4v) is 3.96. The topological polar surface area (TPSA) is 92.9 Å². The molecule has 33 heavy (non-hydrogen) atoms. The van der Waals surface area contributed by atoms with Gasteiger partial charge in [-0.2, -0.15) is 5.10 Å². The molecule has 4 rings (SSSR count). The largest absolute Gasteiger partial charge is 0.497 e. The Balaban J connectivity index is 1.54. The molecule has 0 saturated heterocycles. The van der Waals surface area contributed by atoms with Crippen LogP contribution in [0.3, 0.4) is 0 Å². The number of anilines is 1. The number of hydrazone groups is 1. The van der Waals surface area contributed by atoms with Gasteiger partial charge in [-0.3, -0.25) is 9.59 Å². The number of methoxy groups -OCH3 is 1. The SMILES string of the molecule is COc1ccc(C(=O)N/N=C2\CCCc3oc(C(=O)Nc4ccc(C)c(Cl)c4)c(C)c32)cc1. The minimum atomic E-state index is -0.358. The van der Waals surface area contributed by atoms with Crippen molar-refractivity contribution in [3.05, 3.63) is 81.3 Å². The molecule has 0 saturated carbocycles. The maximum Gasteiger partial charge on any atom is 0.291 e. The van der Waals surface area contributed by atoms with Gasteiger partial charge in [0.25, 0.3) is 11.8 Å². The van der Waals surface area contributed by atoms with Crippen molar-refractivity contribution in [1.82, 2.24) is 5.43 Å². The standard InChI is InChI=1S/C25H24ClN3O4/c1-14-7-10-17(13-19(14)26)27-25(31)23-15(2)22-20(5-4-6-21(22)33-23)28-29-24(30)16-8-11-18(32-3)12-9-16/h7-13H,4-6H2,1-3H3,(H,27,31)(H,29,30)/b28-20+. The molecule has 170 valence electrons. The zero-order valence-electron chi connectivity index (χ0n) is 18.6. The lowest BCUT2D eigenvalue weighted by atomic mass is 9.93. The first-order valence-electron chi connectivity index (χ1n) is 10.6. The highest BCUT2D eigenvalue weighted by Crippen LogP contribution is 2.30. The number of nitrogens with one attached hydrogen (secondary N) is 2. The van der Waals surface area contributed by atoms with Gasteiger partial charge in [0.1, 0.15) is 11.5 Å². The molecule has 0 fully saturated rings. The minimum Gasteiger partial charge on any atom is -0.497 e. The molecule has 8 heteroatoms. The Bertz CT molecular complexity index is 1250. The quantitative estimate of drug-likeness (QED) is 0.501. The van der Waals surface area contributed by atoms with Gasteiger partial charge in [-0.05, 0) is 68.7 Å². The number of hydrogen-bond donors (Lipinski definition) is 2. The molecule has 1 heterocycles.